The summed E-state index contributed by atoms with van der Waals surface area (Å²) in [5, 5.41) is 4.14. The zero-order valence-electron chi connectivity index (χ0n) is 16.8. The summed E-state index contributed by atoms with van der Waals surface area (Å²) in [6.07, 6.45) is 5.41. The molecule has 5 nitrogen and oxygen atoms in total. The topological polar surface area (TPSA) is 41.4 Å². The zero-order valence-corrected chi connectivity index (χ0v) is 16.8. The summed E-state index contributed by atoms with van der Waals surface area (Å²) in [6, 6.07) is 12.4. The molecule has 1 aliphatic rings. The van der Waals surface area contributed by atoms with Gasteiger partial charge in [-0.3, -0.25) is 4.68 Å². The van der Waals surface area contributed by atoms with E-state index in [-0.39, 0.29) is 24.2 Å². The first-order valence-corrected chi connectivity index (χ1v) is 9.62. The molecular formula is C23H22F2N4O. The molecule has 0 fully saturated rings. The second-order valence-corrected chi connectivity index (χ2v) is 7.46. The minimum atomic E-state index is -0.512. The van der Waals surface area contributed by atoms with E-state index in [4.69, 9.17) is 0 Å². The summed E-state index contributed by atoms with van der Waals surface area (Å²) >= 11 is 0. The highest BCUT2D eigenvalue weighted by Gasteiger charge is 2.33. The van der Waals surface area contributed by atoms with Crippen LogP contribution < -0.4 is 0 Å². The number of nitrogens with zero attached hydrogens (tertiary/aromatic N) is 4. The molecule has 0 bridgehead atoms. The molecule has 1 aromatic heterocycles. The maximum Gasteiger partial charge on any atom is 0.321 e. The van der Waals surface area contributed by atoms with E-state index in [0.29, 0.717) is 12.1 Å². The van der Waals surface area contributed by atoms with Crippen molar-refractivity contribution in [3.8, 4) is 0 Å². The van der Waals surface area contributed by atoms with Gasteiger partial charge in [0.1, 0.15) is 11.6 Å². The predicted octanol–water partition coefficient (Wildman–Crippen LogP) is 4.39. The van der Waals surface area contributed by atoms with Gasteiger partial charge in [-0.15, -0.1) is 0 Å². The van der Waals surface area contributed by atoms with Gasteiger partial charge in [-0.25, -0.2) is 13.6 Å². The Kier molecular flexibility index (Phi) is 5.35. The van der Waals surface area contributed by atoms with Crippen LogP contribution in [0.25, 0.3) is 5.57 Å². The molecule has 2 heterocycles. The van der Waals surface area contributed by atoms with Crippen molar-refractivity contribution >= 4 is 11.6 Å². The molecular weight excluding hydrogens is 386 g/mol. The average Bonchev–Trinajstić information content (AvgIpc) is 3.36. The molecule has 3 aromatic rings. The molecule has 0 aliphatic carbocycles. The number of aromatic nitrogens is 2. The fourth-order valence-corrected chi connectivity index (χ4v) is 3.76. The highest BCUT2D eigenvalue weighted by molar-refractivity contribution is 5.82. The summed E-state index contributed by atoms with van der Waals surface area (Å²) in [5.41, 5.74) is 2.59. The standard InChI is InChI=1S/C23H22F2N4O/c1-27(13-16-12-26-28(2)14-16)23(30)29-15-18(20-11-19(24)8-9-21(20)25)10-22(29)17-6-4-3-5-7-17/h3-12,14,22H,13,15H2,1-2H3. The first kappa shape index (κ1) is 19.8. The summed E-state index contributed by atoms with van der Waals surface area (Å²) in [5.74, 6) is -1.02. The Balaban J connectivity index is 1.64. The first-order chi connectivity index (χ1) is 14.4. The van der Waals surface area contributed by atoms with Gasteiger partial charge in [0.2, 0.25) is 0 Å². The first-order valence-electron chi connectivity index (χ1n) is 9.62. The van der Waals surface area contributed by atoms with Gasteiger partial charge in [-0.1, -0.05) is 36.4 Å². The summed E-state index contributed by atoms with van der Waals surface area (Å²) in [4.78, 5) is 16.6. The van der Waals surface area contributed by atoms with Crippen LogP contribution in [0.2, 0.25) is 0 Å². The SMILES string of the molecule is CN(Cc1cnn(C)c1)C(=O)N1CC(c2cc(F)ccc2F)=CC1c1ccccc1. The minimum Gasteiger partial charge on any atom is -0.323 e. The Morgan fingerprint density at radius 2 is 1.97 bits per heavy atom. The van der Waals surface area contributed by atoms with E-state index in [9.17, 15) is 13.6 Å². The van der Waals surface area contributed by atoms with Crippen LogP contribution in [-0.4, -0.2) is 39.2 Å². The summed E-state index contributed by atoms with van der Waals surface area (Å²) in [7, 11) is 3.54. The maximum atomic E-state index is 14.4. The van der Waals surface area contributed by atoms with Gasteiger partial charge in [0.25, 0.3) is 0 Å². The molecule has 0 spiro atoms. The van der Waals surface area contributed by atoms with Gasteiger partial charge in [-0.2, -0.15) is 5.10 Å². The van der Waals surface area contributed by atoms with Gasteiger partial charge >= 0.3 is 6.03 Å². The molecule has 1 atom stereocenters. The Morgan fingerprint density at radius 1 is 1.20 bits per heavy atom. The lowest BCUT2D eigenvalue weighted by Crippen LogP contribution is -2.41. The molecule has 0 radical (unpaired) electrons. The smallest absolute Gasteiger partial charge is 0.321 e. The number of aryl methyl sites for hydroxylation is 1. The molecule has 7 heteroatoms. The summed E-state index contributed by atoms with van der Waals surface area (Å²) < 4.78 is 29.8. The number of hydrogen-bond acceptors (Lipinski definition) is 2. The molecule has 154 valence electrons. The van der Waals surface area contributed by atoms with Gasteiger partial charge in [0.05, 0.1) is 18.8 Å². The van der Waals surface area contributed by atoms with Gasteiger partial charge in [-0.05, 0) is 29.3 Å². The largest absolute Gasteiger partial charge is 0.323 e. The molecule has 30 heavy (non-hydrogen) atoms. The van der Waals surface area contributed by atoms with Crippen LogP contribution in [0.4, 0.5) is 13.6 Å². The monoisotopic (exact) mass is 408 g/mol. The lowest BCUT2D eigenvalue weighted by Gasteiger charge is -2.30. The quantitative estimate of drug-likeness (QED) is 0.643. The fraction of sp³-hybridized carbons (Fsp3) is 0.217. The van der Waals surface area contributed by atoms with E-state index in [0.717, 1.165) is 23.3 Å². The van der Waals surface area contributed by atoms with E-state index in [1.165, 1.54) is 6.07 Å². The Morgan fingerprint density at radius 3 is 2.67 bits per heavy atom. The predicted molar refractivity (Wildman–Crippen MR) is 110 cm³/mol. The minimum absolute atomic E-state index is 0.182. The van der Waals surface area contributed by atoms with Crippen molar-refractivity contribution in [2.75, 3.05) is 13.6 Å². The molecule has 2 amide bonds. The van der Waals surface area contributed by atoms with Crippen molar-refractivity contribution in [3.63, 3.8) is 0 Å². The fourth-order valence-electron chi connectivity index (χ4n) is 3.76. The number of halogens is 2. The number of carbonyl (C=O) groups excluding carboxylic acids is 1. The van der Waals surface area contributed by atoms with E-state index < -0.39 is 11.6 Å². The van der Waals surface area contributed by atoms with Gasteiger partial charge in [0.15, 0.2) is 0 Å². The van der Waals surface area contributed by atoms with Crippen molar-refractivity contribution in [2.45, 2.75) is 12.6 Å². The second kappa shape index (κ2) is 8.10. The Labute approximate surface area is 173 Å². The van der Waals surface area contributed by atoms with Crippen molar-refractivity contribution in [2.24, 2.45) is 7.05 Å². The van der Waals surface area contributed by atoms with Crippen LogP contribution in [0.1, 0.15) is 22.7 Å². The highest BCUT2D eigenvalue weighted by atomic mass is 19.1. The summed E-state index contributed by atoms with van der Waals surface area (Å²) in [6.45, 7) is 0.588. The number of urea groups is 1. The van der Waals surface area contributed by atoms with E-state index >= 15 is 0 Å². The van der Waals surface area contributed by atoms with E-state index in [1.54, 1.807) is 27.7 Å². The van der Waals surface area contributed by atoms with Crippen LogP contribution in [0.3, 0.4) is 0 Å². The molecule has 0 saturated carbocycles. The molecule has 0 saturated heterocycles. The normalized spacial score (nSPS) is 15.9. The Bertz CT molecular complexity index is 1090. The van der Waals surface area contributed by atoms with Crippen LogP contribution in [-0.2, 0) is 13.6 Å². The third-order valence-electron chi connectivity index (χ3n) is 5.20. The second-order valence-electron chi connectivity index (χ2n) is 7.46. The van der Waals surface area contributed by atoms with Crippen LogP contribution in [0, 0.1) is 11.6 Å². The van der Waals surface area contributed by atoms with Crippen LogP contribution in [0.5, 0.6) is 0 Å². The van der Waals surface area contributed by atoms with Gasteiger partial charge < -0.3 is 9.80 Å². The third-order valence-corrected chi connectivity index (χ3v) is 5.20. The van der Waals surface area contributed by atoms with Crippen molar-refractivity contribution in [1.82, 2.24) is 19.6 Å². The van der Waals surface area contributed by atoms with Crippen molar-refractivity contribution in [3.05, 3.63) is 95.3 Å². The molecule has 1 aliphatic heterocycles. The maximum absolute atomic E-state index is 14.4. The number of hydrogen-bond donors (Lipinski definition) is 0. The highest BCUT2D eigenvalue weighted by Crippen LogP contribution is 2.36. The average molecular weight is 408 g/mol. The zero-order chi connectivity index (χ0) is 21.3. The van der Waals surface area contributed by atoms with E-state index in [2.05, 4.69) is 5.10 Å². The number of amides is 2. The number of carbonyl (C=O) groups is 1. The Hall–Kier alpha value is -3.48. The lowest BCUT2D eigenvalue weighted by atomic mass is 10.0. The number of rotatable bonds is 4. The van der Waals surface area contributed by atoms with Crippen LogP contribution in [0.15, 0.2) is 67.0 Å². The molecule has 1 unspecified atom stereocenters. The lowest BCUT2D eigenvalue weighted by molar-refractivity contribution is 0.160. The van der Waals surface area contributed by atoms with Crippen molar-refractivity contribution < 1.29 is 13.6 Å². The van der Waals surface area contributed by atoms with Crippen LogP contribution >= 0.6 is 0 Å². The molecule has 0 N–H and O–H groups in total. The van der Waals surface area contributed by atoms with Crippen molar-refractivity contribution in [1.29, 1.82) is 0 Å². The van der Waals surface area contributed by atoms with Gasteiger partial charge in [0, 0.05) is 38.0 Å². The molecule has 4 rings (SSSR count). The number of benzene rings is 2. The molecule has 2 aromatic carbocycles. The van der Waals surface area contributed by atoms with E-state index in [1.807, 2.05) is 49.7 Å². The third kappa shape index (κ3) is 3.96.